The number of anilines is 2. The number of halogens is 4. The van der Waals surface area contributed by atoms with E-state index < -0.39 is 37.2 Å². The van der Waals surface area contributed by atoms with Gasteiger partial charge in [-0.3, -0.25) is 9.88 Å². The zero-order valence-electron chi connectivity index (χ0n) is 34.1. The number of allylic oxidation sites excluding steroid dienone is 1. The van der Waals surface area contributed by atoms with Gasteiger partial charge >= 0.3 is 0 Å². The molecule has 5 aromatic rings. The highest BCUT2D eigenvalue weighted by Crippen LogP contribution is 2.50. The Morgan fingerprint density at radius 3 is 2.56 bits per heavy atom. The van der Waals surface area contributed by atoms with Crippen molar-refractivity contribution < 1.29 is 23.0 Å². The third kappa shape index (κ3) is 6.96. The number of aromatic hydroxyl groups is 1. The number of ether oxygens (including phenoxy) is 1. The van der Waals surface area contributed by atoms with Gasteiger partial charge in [0, 0.05) is 41.3 Å². The van der Waals surface area contributed by atoms with Crippen LogP contribution in [0.3, 0.4) is 0 Å². The maximum Gasteiger partial charge on any atom is 0.227 e. The SMILES string of the molecule is CC(C)[Si](C#CC1(c2ncc3cnc(Nc4cnn(-c5cccc(Cl)c5)c4)nc3c2F)c2ccc(O)c(OC[C@@]34CCCN3C[C@H](F)C4)c2C=CC1F)(C(C)C)C(C)C. The lowest BCUT2D eigenvalue weighted by Gasteiger charge is -2.40. The molecular weight excluding hydrogens is 791 g/mol. The molecule has 0 saturated carbocycles. The molecule has 59 heavy (non-hydrogen) atoms. The van der Waals surface area contributed by atoms with Gasteiger partial charge in [0.05, 0.1) is 29.3 Å². The second kappa shape index (κ2) is 15.6. The van der Waals surface area contributed by atoms with Crippen LogP contribution >= 0.6 is 11.6 Å². The number of fused-ring (bicyclic) bond motifs is 3. The number of pyridine rings is 1. The van der Waals surface area contributed by atoms with Crippen LogP contribution in [0.4, 0.5) is 24.8 Å². The first kappa shape index (κ1) is 40.9. The molecule has 0 spiro atoms. The number of nitrogens with zero attached hydrogens (tertiary/aromatic N) is 6. The minimum atomic E-state index is -2.55. The van der Waals surface area contributed by atoms with Crippen LogP contribution in [-0.4, -0.2) is 80.4 Å². The molecule has 2 unspecified atom stereocenters. The summed E-state index contributed by atoms with van der Waals surface area (Å²) >= 11 is 6.19. The maximum atomic E-state index is 17.6. The van der Waals surface area contributed by atoms with Gasteiger partial charge in [-0.2, -0.15) is 5.10 Å². The largest absolute Gasteiger partial charge is 0.504 e. The van der Waals surface area contributed by atoms with E-state index in [1.807, 2.05) is 12.1 Å². The third-order valence-electron chi connectivity index (χ3n) is 12.9. The third-order valence-corrected chi connectivity index (χ3v) is 19.4. The number of benzene rings is 2. The highest BCUT2D eigenvalue weighted by molar-refractivity contribution is 6.90. The molecule has 2 saturated heterocycles. The number of hydrogen-bond acceptors (Lipinski definition) is 8. The molecule has 3 aliphatic rings. The topological polar surface area (TPSA) is 101 Å². The number of aromatic nitrogens is 5. The number of hydrogen-bond donors (Lipinski definition) is 2. The summed E-state index contributed by atoms with van der Waals surface area (Å²) in [6, 6.07) is 10.3. The summed E-state index contributed by atoms with van der Waals surface area (Å²) in [5, 5.41) is 19.7. The molecule has 4 atom stereocenters. The predicted octanol–water partition coefficient (Wildman–Crippen LogP) is 10.3. The number of nitrogens with one attached hydrogen (secondary N) is 1. The number of phenolic OH excluding ortho intramolecular Hbond substituents is 1. The number of phenols is 1. The van der Waals surface area contributed by atoms with Crippen LogP contribution in [-0.2, 0) is 5.41 Å². The Morgan fingerprint density at radius 1 is 1.05 bits per heavy atom. The normalized spacial score (nSPS) is 22.9. The summed E-state index contributed by atoms with van der Waals surface area (Å²) < 4.78 is 57.9. The zero-order chi connectivity index (χ0) is 41.9. The molecule has 2 fully saturated rings. The molecule has 0 radical (unpaired) electrons. The second-order valence-corrected chi connectivity index (χ2v) is 23.2. The van der Waals surface area contributed by atoms with Gasteiger partial charge in [-0.15, -0.1) is 5.54 Å². The van der Waals surface area contributed by atoms with Crippen LogP contribution in [0.5, 0.6) is 11.5 Å². The Labute approximate surface area is 349 Å². The van der Waals surface area contributed by atoms with E-state index in [2.05, 4.69) is 83.3 Å². The Kier molecular flexibility index (Phi) is 10.8. The van der Waals surface area contributed by atoms with Gasteiger partial charge in [-0.05, 0) is 71.9 Å². The standard InChI is InChI=1S/C45H49ClF3N7O2Si/c1-27(2)59(28(3)4,29(5)6)18-16-45(36-12-13-37(57)41(35(36)11-14-38(45)48)58-26-44-15-8-17-55(44)24-32(47)20-44)42-39(49)40-30(21-50-42)22-51-43(54-40)53-33-23-52-56(25-33)34-10-7-9-31(46)19-34/h7,9-14,19,21-23,25,27-29,32,38,57H,8,15,17,20,24,26H2,1-6H3,(H,51,53,54)/t32-,38?,44+,45?/m1/s1. The Morgan fingerprint density at radius 2 is 1.81 bits per heavy atom. The van der Waals surface area contributed by atoms with Crippen molar-refractivity contribution in [1.29, 1.82) is 0 Å². The van der Waals surface area contributed by atoms with Crippen molar-refractivity contribution in [2.24, 2.45) is 0 Å². The van der Waals surface area contributed by atoms with E-state index in [4.69, 9.17) is 16.3 Å². The van der Waals surface area contributed by atoms with E-state index in [1.165, 1.54) is 24.5 Å². The van der Waals surface area contributed by atoms with Crippen LogP contribution in [0.2, 0.25) is 21.6 Å². The fraction of sp³-hybridized carbons (Fsp3) is 0.422. The molecule has 2 aliphatic heterocycles. The molecule has 308 valence electrons. The molecule has 14 heteroatoms. The lowest BCUT2D eigenvalue weighted by atomic mass is 9.69. The quantitative estimate of drug-likeness (QED) is 0.106. The van der Waals surface area contributed by atoms with Crippen molar-refractivity contribution in [3.63, 3.8) is 0 Å². The van der Waals surface area contributed by atoms with Crippen molar-refractivity contribution in [2.75, 3.05) is 25.0 Å². The van der Waals surface area contributed by atoms with E-state index in [0.717, 1.165) is 25.1 Å². The smallest absolute Gasteiger partial charge is 0.227 e. The van der Waals surface area contributed by atoms with E-state index in [0.29, 0.717) is 40.2 Å². The summed E-state index contributed by atoms with van der Waals surface area (Å²) in [6.45, 7) is 14.2. The highest BCUT2D eigenvalue weighted by Gasteiger charge is 2.52. The van der Waals surface area contributed by atoms with E-state index in [9.17, 15) is 9.50 Å². The van der Waals surface area contributed by atoms with Crippen molar-refractivity contribution in [3.8, 4) is 28.7 Å². The van der Waals surface area contributed by atoms with Crippen LogP contribution in [0.1, 0.15) is 77.6 Å². The van der Waals surface area contributed by atoms with Crippen LogP contribution in [0.15, 0.2) is 67.3 Å². The van der Waals surface area contributed by atoms with E-state index in [-0.39, 0.29) is 51.9 Å². The van der Waals surface area contributed by atoms with E-state index >= 15 is 8.78 Å². The summed E-state index contributed by atoms with van der Waals surface area (Å²) in [5.74, 6) is 2.63. The summed E-state index contributed by atoms with van der Waals surface area (Å²) in [4.78, 5) is 15.8. The van der Waals surface area contributed by atoms with Gasteiger partial charge in [0.1, 0.15) is 43.6 Å². The van der Waals surface area contributed by atoms with E-state index in [1.54, 1.807) is 41.4 Å². The number of alkyl halides is 2. The number of rotatable bonds is 10. The molecular formula is C45H49ClF3N7O2Si. The molecule has 0 bridgehead atoms. The lowest BCUT2D eigenvalue weighted by molar-refractivity contribution is 0.111. The van der Waals surface area contributed by atoms with Gasteiger partial charge < -0.3 is 15.2 Å². The van der Waals surface area contributed by atoms with Crippen LogP contribution < -0.4 is 10.1 Å². The molecule has 3 aromatic heterocycles. The molecule has 5 heterocycles. The zero-order valence-corrected chi connectivity index (χ0v) is 35.9. The fourth-order valence-electron chi connectivity index (χ4n) is 10.0. The monoisotopic (exact) mass is 839 g/mol. The van der Waals surface area contributed by atoms with Crippen molar-refractivity contribution in [1.82, 2.24) is 29.6 Å². The minimum absolute atomic E-state index is 0.0722. The van der Waals surface area contributed by atoms with Gasteiger partial charge in [0.15, 0.2) is 17.3 Å². The molecule has 8 rings (SSSR count). The van der Waals surface area contributed by atoms with Gasteiger partial charge in [-0.25, -0.2) is 27.8 Å². The van der Waals surface area contributed by atoms with Crippen molar-refractivity contribution >= 4 is 48.3 Å². The first-order valence-corrected chi connectivity index (χ1v) is 22.9. The fourth-order valence-corrected chi connectivity index (χ4v) is 15.5. The Balaban J connectivity index is 1.27. The van der Waals surface area contributed by atoms with Crippen molar-refractivity contribution in [2.45, 2.75) is 101 Å². The summed E-state index contributed by atoms with van der Waals surface area (Å²) in [6.07, 6.45) is 8.34. The van der Waals surface area contributed by atoms with Gasteiger partial charge in [0.2, 0.25) is 5.95 Å². The average Bonchev–Trinajstić information content (AvgIpc) is 3.90. The summed E-state index contributed by atoms with van der Waals surface area (Å²) in [5.41, 5.74) is 3.48. The maximum absolute atomic E-state index is 17.6. The van der Waals surface area contributed by atoms with Crippen LogP contribution in [0, 0.1) is 17.3 Å². The van der Waals surface area contributed by atoms with Gasteiger partial charge in [-0.1, -0.05) is 77.3 Å². The molecule has 0 amide bonds. The van der Waals surface area contributed by atoms with Crippen molar-refractivity contribution in [3.05, 3.63) is 94.9 Å². The predicted molar refractivity (Wildman–Crippen MR) is 229 cm³/mol. The lowest BCUT2D eigenvalue weighted by Crippen LogP contribution is -2.46. The first-order valence-electron chi connectivity index (χ1n) is 20.3. The molecule has 2 aromatic carbocycles. The minimum Gasteiger partial charge on any atom is -0.504 e. The first-order chi connectivity index (χ1) is 28.2. The van der Waals surface area contributed by atoms with Crippen LogP contribution in [0.25, 0.3) is 22.7 Å². The molecule has 2 N–H and O–H groups in total. The Hall–Kier alpha value is -4.90. The second-order valence-electron chi connectivity index (χ2n) is 17.2. The Bertz CT molecular complexity index is 2480. The summed E-state index contributed by atoms with van der Waals surface area (Å²) in [7, 11) is -2.55. The molecule has 9 nitrogen and oxygen atoms in total. The average molecular weight is 840 g/mol. The van der Waals surface area contributed by atoms with Gasteiger partial charge in [0.25, 0.3) is 0 Å². The molecule has 1 aliphatic carbocycles. The highest BCUT2D eigenvalue weighted by atomic mass is 35.5.